The fourth-order valence-corrected chi connectivity index (χ4v) is 1.47. The van der Waals surface area contributed by atoms with Gasteiger partial charge < -0.3 is 0 Å². The summed E-state index contributed by atoms with van der Waals surface area (Å²) >= 11 is 0. The highest BCUT2D eigenvalue weighted by Crippen LogP contribution is 2.04. The molecule has 2 N–H and O–H groups in total. The van der Waals surface area contributed by atoms with Gasteiger partial charge in [0.1, 0.15) is 11.6 Å². The molecule has 18 heavy (non-hydrogen) atoms. The molecule has 92 valence electrons. The summed E-state index contributed by atoms with van der Waals surface area (Å²) in [6, 6.07) is 5.13. The molecule has 0 aliphatic carbocycles. The van der Waals surface area contributed by atoms with Crippen LogP contribution in [-0.4, -0.2) is 20.9 Å². The number of carbonyl (C=O) groups is 1. The number of nitrogens with one attached hydrogen (secondary N) is 2. The highest BCUT2D eigenvalue weighted by atomic mass is 16.2. The first-order chi connectivity index (χ1) is 8.65. The van der Waals surface area contributed by atoms with Crippen LogP contribution < -0.4 is 10.9 Å². The van der Waals surface area contributed by atoms with Gasteiger partial charge in [0, 0.05) is 24.2 Å². The van der Waals surface area contributed by atoms with Crippen LogP contribution in [0.4, 0.5) is 5.82 Å². The van der Waals surface area contributed by atoms with E-state index < -0.39 is 0 Å². The SMILES string of the molecule is Cc1cc(NNC(=O)c2cccnc2)nc(C)n1. The van der Waals surface area contributed by atoms with E-state index in [4.69, 9.17) is 0 Å². The van der Waals surface area contributed by atoms with Crippen molar-refractivity contribution in [2.45, 2.75) is 13.8 Å². The van der Waals surface area contributed by atoms with Gasteiger partial charge >= 0.3 is 0 Å². The first-order valence-corrected chi connectivity index (χ1v) is 5.44. The van der Waals surface area contributed by atoms with Crippen LogP contribution in [-0.2, 0) is 0 Å². The monoisotopic (exact) mass is 243 g/mol. The quantitative estimate of drug-likeness (QED) is 0.793. The van der Waals surface area contributed by atoms with Crippen LogP contribution in [0.3, 0.4) is 0 Å². The minimum absolute atomic E-state index is 0.267. The van der Waals surface area contributed by atoms with E-state index >= 15 is 0 Å². The molecule has 2 aromatic rings. The highest BCUT2D eigenvalue weighted by molar-refractivity contribution is 5.94. The van der Waals surface area contributed by atoms with Crippen molar-refractivity contribution in [1.29, 1.82) is 0 Å². The second-order valence-corrected chi connectivity index (χ2v) is 3.76. The zero-order chi connectivity index (χ0) is 13.0. The average Bonchev–Trinajstić information content (AvgIpc) is 2.36. The van der Waals surface area contributed by atoms with Gasteiger partial charge in [0.05, 0.1) is 5.56 Å². The Bertz CT molecular complexity index is 535. The Morgan fingerprint density at radius 2 is 2.11 bits per heavy atom. The number of hydrazine groups is 1. The van der Waals surface area contributed by atoms with Crippen molar-refractivity contribution < 1.29 is 4.79 Å². The number of hydrogen-bond donors (Lipinski definition) is 2. The molecule has 1 amide bonds. The number of rotatable bonds is 3. The van der Waals surface area contributed by atoms with Crippen LogP contribution >= 0.6 is 0 Å². The van der Waals surface area contributed by atoms with Gasteiger partial charge in [-0.1, -0.05) is 0 Å². The molecule has 0 aromatic carbocycles. The normalized spacial score (nSPS) is 9.89. The molecular formula is C12H13N5O. The molecule has 2 aromatic heterocycles. The summed E-state index contributed by atoms with van der Waals surface area (Å²) in [7, 11) is 0. The molecule has 0 atom stereocenters. The van der Waals surface area contributed by atoms with Gasteiger partial charge in [-0.05, 0) is 26.0 Å². The molecule has 0 saturated carbocycles. The number of aryl methyl sites for hydroxylation is 2. The molecule has 6 heteroatoms. The molecule has 0 aliphatic heterocycles. The topological polar surface area (TPSA) is 79.8 Å². The van der Waals surface area contributed by atoms with Crippen LogP contribution in [0.2, 0.25) is 0 Å². The number of aromatic nitrogens is 3. The van der Waals surface area contributed by atoms with Crippen molar-refractivity contribution in [1.82, 2.24) is 20.4 Å². The van der Waals surface area contributed by atoms with E-state index in [1.165, 1.54) is 6.20 Å². The van der Waals surface area contributed by atoms with E-state index in [1.54, 1.807) is 31.3 Å². The van der Waals surface area contributed by atoms with Gasteiger partial charge in [-0.2, -0.15) is 0 Å². The van der Waals surface area contributed by atoms with E-state index in [-0.39, 0.29) is 5.91 Å². The van der Waals surface area contributed by atoms with Gasteiger partial charge in [0.25, 0.3) is 5.91 Å². The lowest BCUT2D eigenvalue weighted by Crippen LogP contribution is -2.30. The Kier molecular flexibility index (Phi) is 3.47. The second kappa shape index (κ2) is 5.22. The van der Waals surface area contributed by atoms with Crippen molar-refractivity contribution in [3.8, 4) is 0 Å². The Balaban J connectivity index is 2.02. The molecule has 0 unspecified atom stereocenters. The molecule has 0 bridgehead atoms. The van der Waals surface area contributed by atoms with Gasteiger partial charge in [-0.25, -0.2) is 9.97 Å². The number of anilines is 1. The van der Waals surface area contributed by atoms with E-state index in [2.05, 4.69) is 25.8 Å². The van der Waals surface area contributed by atoms with Crippen LogP contribution in [0.15, 0.2) is 30.6 Å². The number of hydrogen-bond acceptors (Lipinski definition) is 5. The van der Waals surface area contributed by atoms with Crippen LogP contribution in [0.5, 0.6) is 0 Å². The van der Waals surface area contributed by atoms with Crippen molar-refractivity contribution in [2.75, 3.05) is 5.43 Å². The number of nitrogens with zero attached hydrogens (tertiary/aromatic N) is 3. The molecule has 0 saturated heterocycles. The van der Waals surface area contributed by atoms with E-state index in [9.17, 15) is 4.79 Å². The van der Waals surface area contributed by atoms with Crippen molar-refractivity contribution in [2.24, 2.45) is 0 Å². The molecule has 0 fully saturated rings. The largest absolute Gasteiger partial charge is 0.281 e. The third kappa shape index (κ3) is 3.00. The molecule has 0 aliphatic rings. The summed E-state index contributed by atoms with van der Waals surface area (Å²) < 4.78 is 0. The lowest BCUT2D eigenvalue weighted by atomic mass is 10.3. The summed E-state index contributed by atoms with van der Waals surface area (Å²) in [5.74, 6) is 0.933. The Morgan fingerprint density at radius 1 is 1.28 bits per heavy atom. The third-order valence-electron chi connectivity index (χ3n) is 2.19. The Hall–Kier alpha value is -2.50. The summed E-state index contributed by atoms with van der Waals surface area (Å²) in [5, 5.41) is 0. The first kappa shape index (κ1) is 12.0. The molecule has 2 rings (SSSR count). The maximum atomic E-state index is 11.7. The third-order valence-corrected chi connectivity index (χ3v) is 2.19. The molecule has 0 radical (unpaired) electrons. The predicted molar refractivity (Wildman–Crippen MR) is 66.8 cm³/mol. The Labute approximate surface area is 104 Å². The fraction of sp³-hybridized carbons (Fsp3) is 0.167. The highest BCUT2D eigenvalue weighted by Gasteiger charge is 2.05. The molecule has 0 spiro atoms. The average molecular weight is 243 g/mol. The number of pyridine rings is 1. The van der Waals surface area contributed by atoms with E-state index in [0.717, 1.165) is 5.69 Å². The van der Waals surface area contributed by atoms with Gasteiger partial charge in [-0.15, -0.1) is 0 Å². The lowest BCUT2D eigenvalue weighted by Gasteiger charge is -2.08. The van der Waals surface area contributed by atoms with Crippen molar-refractivity contribution in [3.05, 3.63) is 47.7 Å². The summed E-state index contributed by atoms with van der Waals surface area (Å²) in [5.41, 5.74) is 6.61. The number of amides is 1. The van der Waals surface area contributed by atoms with Crippen LogP contribution in [0, 0.1) is 13.8 Å². The second-order valence-electron chi connectivity index (χ2n) is 3.76. The zero-order valence-corrected chi connectivity index (χ0v) is 10.1. The van der Waals surface area contributed by atoms with Crippen LogP contribution in [0.25, 0.3) is 0 Å². The minimum Gasteiger partial charge on any atom is -0.281 e. The van der Waals surface area contributed by atoms with Gasteiger partial charge in [-0.3, -0.25) is 20.6 Å². The maximum Gasteiger partial charge on any atom is 0.271 e. The van der Waals surface area contributed by atoms with Gasteiger partial charge in [0.15, 0.2) is 0 Å². The van der Waals surface area contributed by atoms with Gasteiger partial charge in [0.2, 0.25) is 0 Å². The predicted octanol–water partition coefficient (Wildman–Crippen LogP) is 1.25. The van der Waals surface area contributed by atoms with Crippen molar-refractivity contribution >= 4 is 11.7 Å². The lowest BCUT2D eigenvalue weighted by molar-refractivity contribution is 0.0962. The van der Waals surface area contributed by atoms with Crippen molar-refractivity contribution in [3.63, 3.8) is 0 Å². The molecular weight excluding hydrogens is 230 g/mol. The maximum absolute atomic E-state index is 11.7. The minimum atomic E-state index is -0.267. The summed E-state index contributed by atoms with van der Waals surface area (Å²) in [6.45, 7) is 3.66. The first-order valence-electron chi connectivity index (χ1n) is 5.44. The smallest absolute Gasteiger partial charge is 0.271 e. The van der Waals surface area contributed by atoms with E-state index in [1.807, 2.05) is 6.92 Å². The Morgan fingerprint density at radius 3 is 2.78 bits per heavy atom. The summed E-state index contributed by atoms with van der Waals surface area (Å²) in [6.07, 6.45) is 3.11. The standard InChI is InChI=1S/C12H13N5O/c1-8-6-11(15-9(2)14-8)16-17-12(18)10-4-3-5-13-7-10/h3-7H,1-2H3,(H,17,18)(H,14,15,16). The number of carbonyl (C=O) groups excluding carboxylic acids is 1. The van der Waals surface area contributed by atoms with Crippen LogP contribution in [0.1, 0.15) is 21.9 Å². The fourth-order valence-electron chi connectivity index (χ4n) is 1.47. The van der Waals surface area contributed by atoms with E-state index in [0.29, 0.717) is 17.2 Å². The molecule has 6 nitrogen and oxygen atoms in total. The summed E-state index contributed by atoms with van der Waals surface area (Å²) in [4.78, 5) is 23.9. The molecule has 2 heterocycles. The zero-order valence-electron chi connectivity index (χ0n) is 10.1.